The van der Waals surface area contributed by atoms with Gasteiger partial charge >= 0.3 is 0 Å². The van der Waals surface area contributed by atoms with Crippen LogP contribution in [0.25, 0.3) is 0 Å². The number of likely N-dealkylation sites (tertiary alicyclic amines) is 1. The van der Waals surface area contributed by atoms with Crippen molar-refractivity contribution in [2.24, 2.45) is 5.92 Å². The Hall–Kier alpha value is -0.610. The maximum atomic E-state index is 11.4. The molecular formula is C12H24N2O2. The fourth-order valence-corrected chi connectivity index (χ4v) is 2.05. The summed E-state index contributed by atoms with van der Waals surface area (Å²) in [4.78, 5) is 13.8. The molecule has 94 valence electrons. The van der Waals surface area contributed by atoms with Crippen LogP contribution in [-0.2, 0) is 9.53 Å². The number of carbonyl (C=O) groups excluding carboxylic acids is 1. The average molecular weight is 228 g/mol. The first-order chi connectivity index (χ1) is 7.76. The van der Waals surface area contributed by atoms with Crippen LogP contribution in [0.15, 0.2) is 0 Å². The summed E-state index contributed by atoms with van der Waals surface area (Å²) >= 11 is 0. The Morgan fingerprint density at radius 2 is 2.12 bits per heavy atom. The third-order valence-corrected chi connectivity index (χ3v) is 3.28. The highest BCUT2D eigenvalue weighted by molar-refractivity contribution is 5.75. The molecule has 1 aliphatic heterocycles. The number of hydrogen-bond acceptors (Lipinski definition) is 3. The first-order valence-electron chi connectivity index (χ1n) is 6.24. The quantitative estimate of drug-likeness (QED) is 0.733. The molecule has 0 saturated carbocycles. The summed E-state index contributed by atoms with van der Waals surface area (Å²) in [5.74, 6) is 0.772. The monoisotopic (exact) mass is 228 g/mol. The smallest absolute Gasteiger partial charge is 0.222 e. The van der Waals surface area contributed by atoms with Crippen molar-refractivity contribution in [3.8, 4) is 0 Å². The molecule has 4 heteroatoms. The van der Waals surface area contributed by atoms with E-state index < -0.39 is 0 Å². The van der Waals surface area contributed by atoms with Crippen molar-refractivity contribution in [3.05, 3.63) is 0 Å². The highest BCUT2D eigenvalue weighted by Gasteiger charge is 2.18. The zero-order valence-electron chi connectivity index (χ0n) is 10.5. The normalized spacial score (nSPS) is 18.6. The minimum absolute atomic E-state index is 0.111. The fraction of sp³-hybridized carbons (Fsp3) is 0.917. The van der Waals surface area contributed by atoms with Gasteiger partial charge in [-0.15, -0.1) is 0 Å². The molecule has 1 N–H and O–H groups in total. The van der Waals surface area contributed by atoms with E-state index in [1.807, 2.05) is 0 Å². The predicted octanol–water partition coefficient (Wildman–Crippen LogP) is 0.871. The van der Waals surface area contributed by atoms with Crippen LogP contribution in [0.1, 0.15) is 26.2 Å². The summed E-state index contributed by atoms with van der Waals surface area (Å²) in [6.07, 6.45) is 2.89. The number of ether oxygens (including phenoxy) is 1. The van der Waals surface area contributed by atoms with Crippen LogP contribution in [0.2, 0.25) is 0 Å². The lowest BCUT2D eigenvalue weighted by Gasteiger charge is -2.31. The fourth-order valence-electron chi connectivity index (χ4n) is 2.05. The van der Waals surface area contributed by atoms with Gasteiger partial charge in [0.25, 0.3) is 0 Å². The van der Waals surface area contributed by atoms with Crippen molar-refractivity contribution in [3.63, 3.8) is 0 Å². The molecule has 0 aliphatic carbocycles. The van der Waals surface area contributed by atoms with Crippen LogP contribution in [0.4, 0.5) is 0 Å². The predicted molar refractivity (Wildman–Crippen MR) is 64.3 cm³/mol. The molecule has 1 aliphatic rings. The van der Waals surface area contributed by atoms with E-state index in [1.54, 1.807) is 7.11 Å². The molecule has 0 bridgehead atoms. The molecule has 1 fully saturated rings. The largest absolute Gasteiger partial charge is 0.384 e. The van der Waals surface area contributed by atoms with Crippen molar-refractivity contribution in [2.45, 2.75) is 26.2 Å². The Kier molecular flexibility index (Phi) is 6.42. The molecule has 1 amide bonds. The standard InChI is InChI=1S/C12H24N2O2/c1-3-14-7-4-11(5-8-14)10-13-12(15)6-9-16-2/h11H,3-10H2,1-2H3,(H,13,15). The molecule has 0 spiro atoms. The number of nitrogens with one attached hydrogen (secondary N) is 1. The zero-order valence-corrected chi connectivity index (χ0v) is 10.5. The molecule has 0 aromatic heterocycles. The van der Waals surface area contributed by atoms with Gasteiger partial charge in [-0.25, -0.2) is 0 Å². The molecule has 1 heterocycles. The van der Waals surface area contributed by atoms with Gasteiger partial charge in [-0.3, -0.25) is 4.79 Å². The number of methoxy groups -OCH3 is 1. The van der Waals surface area contributed by atoms with Crippen LogP contribution < -0.4 is 5.32 Å². The number of piperidine rings is 1. The molecule has 16 heavy (non-hydrogen) atoms. The summed E-state index contributed by atoms with van der Waals surface area (Å²) in [6, 6.07) is 0. The summed E-state index contributed by atoms with van der Waals surface area (Å²) in [6.45, 7) is 7.05. The van der Waals surface area contributed by atoms with E-state index in [-0.39, 0.29) is 5.91 Å². The number of carbonyl (C=O) groups is 1. The van der Waals surface area contributed by atoms with Crippen molar-refractivity contribution >= 4 is 5.91 Å². The molecule has 1 saturated heterocycles. The first-order valence-corrected chi connectivity index (χ1v) is 6.24. The number of hydrogen-bond donors (Lipinski definition) is 1. The van der Waals surface area contributed by atoms with E-state index in [1.165, 1.54) is 25.9 Å². The third-order valence-electron chi connectivity index (χ3n) is 3.28. The first kappa shape index (κ1) is 13.5. The van der Waals surface area contributed by atoms with Gasteiger partial charge in [-0.05, 0) is 38.4 Å². The minimum Gasteiger partial charge on any atom is -0.384 e. The number of nitrogens with zero attached hydrogens (tertiary/aromatic N) is 1. The summed E-state index contributed by atoms with van der Waals surface area (Å²) < 4.78 is 4.87. The lowest BCUT2D eigenvalue weighted by atomic mass is 9.97. The topological polar surface area (TPSA) is 41.6 Å². The Balaban J connectivity index is 2.07. The van der Waals surface area contributed by atoms with E-state index in [0.717, 1.165) is 13.1 Å². The number of amides is 1. The van der Waals surface area contributed by atoms with Crippen LogP contribution >= 0.6 is 0 Å². The van der Waals surface area contributed by atoms with Gasteiger partial charge in [0.05, 0.1) is 6.61 Å². The molecule has 0 aromatic carbocycles. The molecule has 0 atom stereocenters. The molecule has 0 aromatic rings. The van der Waals surface area contributed by atoms with Crippen molar-refractivity contribution in [1.82, 2.24) is 10.2 Å². The second kappa shape index (κ2) is 7.63. The third kappa shape index (κ3) is 4.94. The van der Waals surface area contributed by atoms with Gasteiger partial charge < -0.3 is 15.0 Å². The molecular weight excluding hydrogens is 204 g/mol. The van der Waals surface area contributed by atoms with Crippen molar-refractivity contribution < 1.29 is 9.53 Å². The van der Waals surface area contributed by atoms with Gasteiger partial charge in [0, 0.05) is 20.1 Å². The van der Waals surface area contributed by atoms with Gasteiger partial charge in [0.2, 0.25) is 5.91 Å². The summed E-state index contributed by atoms with van der Waals surface area (Å²) in [5, 5.41) is 2.98. The van der Waals surface area contributed by atoms with Crippen LogP contribution in [0.5, 0.6) is 0 Å². The molecule has 1 rings (SSSR count). The SMILES string of the molecule is CCN1CCC(CNC(=O)CCOC)CC1. The Morgan fingerprint density at radius 1 is 1.44 bits per heavy atom. The van der Waals surface area contributed by atoms with E-state index in [4.69, 9.17) is 4.74 Å². The van der Waals surface area contributed by atoms with Gasteiger partial charge in [0.15, 0.2) is 0 Å². The highest BCUT2D eigenvalue weighted by Crippen LogP contribution is 2.15. The lowest BCUT2D eigenvalue weighted by Crippen LogP contribution is -2.38. The number of rotatable bonds is 6. The van der Waals surface area contributed by atoms with Crippen molar-refractivity contribution in [2.75, 3.05) is 39.9 Å². The summed E-state index contributed by atoms with van der Waals surface area (Å²) in [7, 11) is 1.62. The van der Waals surface area contributed by atoms with Gasteiger partial charge in [-0.2, -0.15) is 0 Å². The second-order valence-corrected chi connectivity index (χ2v) is 4.42. The summed E-state index contributed by atoms with van der Waals surface area (Å²) in [5.41, 5.74) is 0. The average Bonchev–Trinajstić information content (AvgIpc) is 2.34. The highest BCUT2D eigenvalue weighted by atomic mass is 16.5. The van der Waals surface area contributed by atoms with E-state index in [2.05, 4.69) is 17.1 Å². The van der Waals surface area contributed by atoms with Crippen LogP contribution in [0.3, 0.4) is 0 Å². The Morgan fingerprint density at radius 3 is 2.69 bits per heavy atom. The van der Waals surface area contributed by atoms with E-state index in [9.17, 15) is 4.79 Å². The Labute approximate surface area is 98.3 Å². The minimum atomic E-state index is 0.111. The zero-order chi connectivity index (χ0) is 11.8. The van der Waals surface area contributed by atoms with Gasteiger partial charge in [-0.1, -0.05) is 6.92 Å². The second-order valence-electron chi connectivity index (χ2n) is 4.42. The van der Waals surface area contributed by atoms with E-state index >= 15 is 0 Å². The van der Waals surface area contributed by atoms with Crippen LogP contribution in [0, 0.1) is 5.92 Å². The van der Waals surface area contributed by atoms with Crippen LogP contribution in [-0.4, -0.2) is 50.7 Å². The molecule has 4 nitrogen and oxygen atoms in total. The molecule has 0 unspecified atom stereocenters. The molecule has 0 radical (unpaired) electrons. The van der Waals surface area contributed by atoms with Crippen molar-refractivity contribution in [1.29, 1.82) is 0 Å². The Bertz CT molecular complexity index is 201. The van der Waals surface area contributed by atoms with Gasteiger partial charge in [0.1, 0.15) is 0 Å². The maximum Gasteiger partial charge on any atom is 0.222 e. The maximum absolute atomic E-state index is 11.4. The lowest BCUT2D eigenvalue weighted by molar-refractivity contribution is -0.122. The van der Waals surface area contributed by atoms with E-state index in [0.29, 0.717) is 18.9 Å².